The molecule has 1 aromatic carbocycles. The van der Waals surface area contributed by atoms with E-state index in [4.69, 9.17) is 0 Å². The largest absolute Gasteiger partial charge is 0.274 e. The third-order valence-electron chi connectivity index (χ3n) is 4.56. The normalized spacial score (nSPS) is 15.2. The van der Waals surface area contributed by atoms with E-state index in [0.29, 0.717) is 23.6 Å². The standard InChI is InChI=1S/C19H24N2O2S/c1-14(7-6-11-19(2,3)20-13-24)10-12-21-17(22)15-8-4-5-9-16(15)18(21)23/h4-5,8-9,14H,6-7,10-12H2,1-3H3. The van der Waals surface area contributed by atoms with Crippen LogP contribution in [0.2, 0.25) is 0 Å². The molecule has 1 unspecified atom stereocenters. The first kappa shape index (κ1) is 18.5. The van der Waals surface area contributed by atoms with E-state index in [9.17, 15) is 9.59 Å². The van der Waals surface area contributed by atoms with Crippen LogP contribution in [0.15, 0.2) is 29.3 Å². The minimum absolute atomic E-state index is 0.163. The maximum Gasteiger partial charge on any atom is 0.261 e. The Bertz CT molecular complexity index is 643. The average molecular weight is 344 g/mol. The number of isothiocyanates is 1. The molecule has 0 bridgehead atoms. The van der Waals surface area contributed by atoms with Crippen molar-refractivity contribution in [3.05, 3.63) is 35.4 Å². The van der Waals surface area contributed by atoms with Crippen LogP contribution in [0.1, 0.15) is 67.2 Å². The van der Waals surface area contributed by atoms with E-state index < -0.39 is 0 Å². The molecule has 0 aliphatic carbocycles. The first-order valence-corrected chi connectivity index (χ1v) is 8.81. The van der Waals surface area contributed by atoms with Gasteiger partial charge in [-0.15, -0.1) is 0 Å². The minimum Gasteiger partial charge on any atom is -0.274 e. The molecule has 0 saturated heterocycles. The number of nitrogens with zero attached hydrogens (tertiary/aromatic N) is 2. The highest BCUT2D eigenvalue weighted by molar-refractivity contribution is 7.78. The predicted molar refractivity (Wildman–Crippen MR) is 98.5 cm³/mol. The SMILES string of the molecule is CC(CCCC(C)(C)N=C=S)CCN1C(=O)c2ccccc2C1=O. The van der Waals surface area contributed by atoms with E-state index in [1.807, 2.05) is 0 Å². The zero-order valence-corrected chi connectivity index (χ0v) is 15.4. The predicted octanol–water partition coefficient (Wildman–Crippen LogP) is 4.36. The monoisotopic (exact) mass is 344 g/mol. The number of hydrogen-bond acceptors (Lipinski definition) is 4. The van der Waals surface area contributed by atoms with Gasteiger partial charge in [-0.25, -0.2) is 4.99 Å². The molecule has 128 valence electrons. The molecule has 24 heavy (non-hydrogen) atoms. The van der Waals surface area contributed by atoms with Crippen LogP contribution >= 0.6 is 12.2 Å². The fourth-order valence-electron chi connectivity index (χ4n) is 3.00. The molecule has 0 saturated carbocycles. The van der Waals surface area contributed by atoms with Gasteiger partial charge in [0, 0.05) is 6.54 Å². The van der Waals surface area contributed by atoms with E-state index in [-0.39, 0.29) is 17.4 Å². The Kier molecular flexibility index (Phi) is 6.03. The summed E-state index contributed by atoms with van der Waals surface area (Å²) in [6.07, 6.45) is 3.85. The van der Waals surface area contributed by atoms with E-state index in [0.717, 1.165) is 25.7 Å². The van der Waals surface area contributed by atoms with Crippen molar-refractivity contribution in [2.24, 2.45) is 10.9 Å². The van der Waals surface area contributed by atoms with Crippen LogP contribution in [0.5, 0.6) is 0 Å². The highest BCUT2D eigenvalue weighted by Crippen LogP contribution is 2.25. The number of carbonyl (C=O) groups excluding carboxylic acids is 2. The molecule has 2 amide bonds. The molecular formula is C19H24N2O2S. The number of rotatable bonds is 8. The smallest absolute Gasteiger partial charge is 0.261 e. The fraction of sp³-hybridized carbons (Fsp3) is 0.526. The number of amides is 2. The number of hydrogen-bond donors (Lipinski definition) is 0. The summed E-state index contributed by atoms with van der Waals surface area (Å²) >= 11 is 4.67. The van der Waals surface area contributed by atoms with Crippen molar-refractivity contribution < 1.29 is 9.59 Å². The van der Waals surface area contributed by atoms with Gasteiger partial charge in [0.15, 0.2) is 0 Å². The number of fused-ring (bicyclic) bond motifs is 1. The highest BCUT2D eigenvalue weighted by atomic mass is 32.1. The number of aliphatic imine (C=N–C) groups is 1. The Morgan fingerprint density at radius 3 is 2.29 bits per heavy atom. The van der Waals surface area contributed by atoms with Gasteiger partial charge in [-0.3, -0.25) is 14.5 Å². The van der Waals surface area contributed by atoms with Gasteiger partial charge in [0.2, 0.25) is 0 Å². The van der Waals surface area contributed by atoms with E-state index in [1.54, 1.807) is 24.3 Å². The van der Waals surface area contributed by atoms with Gasteiger partial charge < -0.3 is 0 Å². The van der Waals surface area contributed by atoms with E-state index >= 15 is 0 Å². The number of benzene rings is 1. The van der Waals surface area contributed by atoms with Crippen molar-refractivity contribution in [2.45, 2.75) is 52.0 Å². The lowest BCUT2D eigenvalue weighted by Crippen LogP contribution is -2.31. The number of carbonyl (C=O) groups is 2. The van der Waals surface area contributed by atoms with Crippen LogP contribution in [0.4, 0.5) is 0 Å². The third kappa shape index (κ3) is 4.37. The van der Waals surface area contributed by atoms with Gasteiger partial charge in [0.1, 0.15) is 0 Å². The number of thiocarbonyl (C=S) groups is 1. The van der Waals surface area contributed by atoms with Crippen LogP contribution in [0.3, 0.4) is 0 Å². The summed E-state index contributed by atoms with van der Waals surface area (Å²) in [5.74, 6) is 0.111. The Morgan fingerprint density at radius 2 is 1.75 bits per heavy atom. The van der Waals surface area contributed by atoms with E-state index in [1.165, 1.54) is 4.90 Å². The second-order valence-corrected chi connectivity index (χ2v) is 7.29. The second-order valence-electron chi connectivity index (χ2n) is 7.11. The fourth-order valence-corrected chi connectivity index (χ4v) is 3.25. The summed E-state index contributed by atoms with van der Waals surface area (Å²) in [6, 6.07) is 7.02. The highest BCUT2D eigenvalue weighted by Gasteiger charge is 2.34. The summed E-state index contributed by atoms with van der Waals surface area (Å²) in [6.45, 7) is 6.74. The second kappa shape index (κ2) is 7.82. The average Bonchev–Trinajstić information content (AvgIpc) is 2.77. The van der Waals surface area contributed by atoms with Crippen molar-refractivity contribution in [1.29, 1.82) is 0 Å². The van der Waals surface area contributed by atoms with Crippen molar-refractivity contribution in [2.75, 3.05) is 6.54 Å². The molecular weight excluding hydrogens is 320 g/mol. The lowest BCUT2D eigenvalue weighted by Gasteiger charge is -2.20. The lowest BCUT2D eigenvalue weighted by atomic mass is 9.93. The van der Waals surface area contributed by atoms with E-state index in [2.05, 4.69) is 43.1 Å². The zero-order valence-electron chi connectivity index (χ0n) is 14.5. The third-order valence-corrected chi connectivity index (χ3v) is 4.65. The molecule has 0 aromatic heterocycles. The maximum absolute atomic E-state index is 12.3. The molecule has 4 nitrogen and oxygen atoms in total. The first-order chi connectivity index (χ1) is 11.4. The van der Waals surface area contributed by atoms with Gasteiger partial charge in [0.05, 0.1) is 21.8 Å². The summed E-state index contributed by atoms with van der Waals surface area (Å²) in [5, 5.41) is 2.45. The molecule has 1 aliphatic heterocycles. The Balaban J connectivity index is 1.81. The number of imide groups is 1. The van der Waals surface area contributed by atoms with Crippen LogP contribution in [-0.2, 0) is 0 Å². The van der Waals surface area contributed by atoms with Gasteiger partial charge in [-0.2, -0.15) is 0 Å². The molecule has 0 fully saturated rings. The summed E-state index contributed by atoms with van der Waals surface area (Å²) in [5.41, 5.74) is 0.883. The Labute approximate surface area is 149 Å². The molecule has 0 radical (unpaired) electrons. The molecule has 1 aliphatic rings. The molecule has 0 spiro atoms. The Hall–Kier alpha value is -1.84. The topological polar surface area (TPSA) is 49.7 Å². The minimum atomic E-state index is -0.167. The molecule has 2 rings (SSSR count). The van der Waals surface area contributed by atoms with Crippen LogP contribution < -0.4 is 0 Å². The van der Waals surface area contributed by atoms with Gasteiger partial charge >= 0.3 is 0 Å². The Morgan fingerprint density at radius 1 is 1.17 bits per heavy atom. The summed E-state index contributed by atoms with van der Waals surface area (Å²) in [7, 11) is 0. The summed E-state index contributed by atoms with van der Waals surface area (Å²) in [4.78, 5) is 30.2. The van der Waals surface area contributed by atoms with Crippen molar-refractivity contribution in [3.8, 4) is 0 Å². The van der Waals surface area contributed by atoms with Gasteiger partial charge in [-0.05, 0) is 57.0 Å². The lowest BCUT2D eigenvalue weighted by molar-refractivity contribution is 0.0646. The van der Waals surface area contributed by atoms with Crippen LogP contribution in [0.25, 0.3) is 0 Å². The maximum atomic E-state index is 12.3. The summed E-state index contributed by atoms with van der Waals surface area (Å²) < 4.78 is 0. The van der Waals surface area contributed by atoms with Crippen molar-refractivity contribution in [3.63, 3.8) is 0 Å². The van der Waals surface area contributed by atoms with Crippen LogP contribution in [-0.4, -0.2) is 34.0 Å². The zero-order chi connectivity index (χ0) is 17.7. The van der Waals surface area contributed by atoms with Gasteiger partial charge in [-0.1, -0.05) is 31.9 Å². The molecule has 1 heterocycles. The molecule has 1 aromatic rings. The first-order valence-electron chi connectivity index (χ1n) is 8.40. The van der Waals surface area contributed by atoms with Crippen molar-refractivity contribution >= 4 is 29.2 Å². The molecule has 5 heteroatoms. The quantitative estimate of drug-likeness (QED) is 0.400. The van der Waals surface area contributed by atoms with Crippen molar-refractivity contribution in [1.82, 2.24) is 4.90 Å². The molecule has 0 N–H and O–H groups in total. The molecule has 1 atom stereocenters. The van der Waals surface area contributed by atoms with Crippen LogP contribution in [0, 0.1) is 5.92 Å². The van der Waals surface area contributed by atoms with Gasteiger partial charge in [0.25, 0.3) is 11.8 Å².